The standard InChI is InChI=1S/C25H34N2O5S/c1-6-25(29)26(5)15-23-18(3)14-27(19(4)16-28)33(30,31)24-12-11-21(13-22(24)32-23)20-9-7-17(2)8-10-20/h7-13,18-19,23,28H,6,14-16H2,1-5H3/t18-,19+,23-/m1/s1. The van der Waals surface area contributed by atoms with Gasteiger partial charge in [0, 0.05) is 32.0 Å². The molecule has 0 saturated heterocycles. The van der Waals surface area contributed by atoms with Crippen molar-refractivity contribution in [3.8, 4) is 16.9 Å². The molecule has 0 unspecified atom stereocenters. The molecule has 2 aromatic carbocycles. The summed E-state index contributed by atoms with van der Waals surface area (Å²) in [5.74, 6) is 0.0452. The van der Waals surface area contributed by atoms with Crippen LogP contribution >= 0.6 is 0 Å². The summed E-state index contributed by atoms with van der Waals surface area (Å²) < 4.78 is 34.8. The van der Waals surface area contributed by atoms with Crippen LogP contribution in [0.3, 0.4) is 0 Å². The first-order valence-corrected chi connectivity index (χ1v) is 12.8. The summed E-state index contributed by atoms with van der Waals surface area (Å²) in [7, 11) is -2.17. The molecule has 1 N–H and O–H groups in total. The fourth-order valence-electron chi connectivity index (χ4n) is 4.01. The molecule has 0 saturated carbocycles. The molecule has 0 fully saturated rings. The lowest BCUT2D eigenvalue weighted by Crippen LogP contribution is -2.50. The Labute approximate surface area is 197 Å². The summed E-state index contributed by atoms with van der Waals surface area (Å²) in [5, 5.41) is 9.76. The topological polar surface area (TPSA) is 87.2 Å². The van der Waals surface area contributed by atoms with Crippen LogP contribution in [0.4, 0.5) is 0 Å². The summed E-state index contributed by atoms with van der Waals surface area (Å²) in [6, 6.07) is 12.5. The third kappa shape index (κ3) is 5.39. The van der Waals surface area contributed by atoms with Crippen LogP contribution in [0.1, 0.15) is 32.8 Å². The zero-order valence-electron chi connectivity index (χ0n) is 20.0. The average molecular weight is 475 g/mol. The SMILES string of the molecule is CCC(=O)N(C)C[C@H]1Oc2cc(-c3ccc(C)cc3)ccc2S(=O)(=O)N([C@@H](C)CO)C[C@H]1C. The van der Waals surface area contributed by atoms with Crippen LogP contribution in [0.5, 0.6) is 5.75 Å². The van der Waals surface area contributed by atoms with E-state index in [0.29, 0.717) is 13.0 Å². The monoisotopic (exact) mass is 474 g/mol. The van der Waals surface area contributed by atoms with Gasteiger partial charge in [0.05, 0.1) is 13.2 Å². The number of nitrogens with zero attached hydrogens (tertiary/aromatic N) is 2. The molecule has 1 aliphatic heterocycles. The Morgan fingerprint density at radius 3 is 2.45 bits per heavy atom. The molecule has 0 radical (unpaired) electrons. The molecule has 2 aromatic rings. The largest absolute Gasteiger partial charge is 0.487 e. The van der Waals surface area contributed by atoms with Gasteiger partial charge in [0.1, 0.15) is 16.7 Å². The molecular formula is C25H34N2O5S. The Morgan fingerprint density at radius 2 is 1.85 bits per heavy atom. The minimum absolute atomic E-state index is 0.00491. The average Bonchev–Trinajstić information content (AvgIpc) is 2.80. The lowest BCUT2D eigenvalue weighted by Gasteiger charge is -2.37. The van der Waals surface area contributed by atoms with E-state index in [4.69, 9.17) is 4.74 Å². The lowest BCUT2D eigenvalue weighted by atomic mass is 10.0. The number of carbonyl (C=O) groups excluding carboxylic acids is 1. The zero-order chi connectivity index (χ0) is 24.3. The van der Waals surface area contributed by atoms with E-state index < -0.39 is 22.2 Å². The van der Waals surface area contributed by atoms with Gasteiger partial charge in [-0.15, -0.1) is 0 Å². The molecule has 33 heavy (non-hydrogen) atoms. The lowest BCUT2D eigenvalue weighted by molar-refractivity contribution is -0.131. The third-order valence-corrected chi connectivity index (χ3v) is 8.25. The maximum atomic E-state index is 13.6. The van der Waals surface area contributed by atoms with Crippen LogP contribution in [0, 0.1) is 12.8 Å². The highest BCUT2D eigenvalue weighted by Crippen LogP contribution is 2.36. The van der Waals surface area contributed by atoms with Crippen molar-refractivity contribution in [3.05, 3.63) is 48.0 Å². The first-order valence-electron chi connectivity index (χ1n) is 11.3. The van der Waals surface area contributed by atoms with Gasteiger partial charge in [-0.25, -0.2) is 8.42 Å². The molecule has 8 heteroatoms. The summed E-state index contributed by atoms with van der Waals surface area (Å²) in [6.45, 7) is 7.65. The highest BCUT2D eigenvalue weighted by Gasteiger charge is 2.38. The van der Waals surface area contributed by atoms with Gasteiger partial charge in [0.25, 0.3) is 0 Å². The summed E-state index contributed by atoms with van der Waals surface area (Å²) in [6.07, 6.45) is -0.0326. The minimum Gasteiger partial charge on any atom is -0.487 e. The van der Waals surface area contributed by atoms with E-state index in [1.54, 1.807) is 37.1 Å². The number of rotatable bonds is 6. The summed E-state index contributed by atoms with van der Waals surface area (Å²) >= 11 is 0. The van der Waals surface area contributed by atoms with E-state index in [1.807, 2.05) is 45.0 Å². The Bertz CT molecular complexity index is 1080. The smallest absolute Gasteiger partial charge is 0.247 e. The Balaban J connectivity index is 2.11. The highest BCUT2D eigenvalue weighted by atomic mass is 32.2. The van der Waals surface area contributed by atoms with Crippen molar-refractivity contribution >= 4 is 15.9 Å². The minimum atomic E-state index is -3.90. The fraction of sp³-hybridized carbons (Fsp3) is 0.480. The Kier molecular flexibility index (Phi) is 7.82. The van der Waals surface area contributed by atoms with Crippen molar-refractivity contribution in [2.45, 2.75) is 51.2 Å². The van der Waals surface area contributed by atoms with Gasteiger partial charge in [0.2, 0.25) is 15.9 Å². The van der Waals surface area contributed by atoms with Gasteiger partial charge in [-0.2, -0.15) is 4.31 Å². The summed E-state index contributed by atoms with van der Waals surface area (Å²) in [4.78, 5) is 13.9. The van der Waals surface area contributed by atoms with Gasteiger partial charge >= 0.3 is 0 Å². The second-order valence-corrected chi connectivity index (χ2v) is 10.8. The van der Waals surface area contributed by atoms with Gasteiger partial charge in [-0.05, 0) is 37.1 Å². The molecular weight excluding hydrogens is 440 g/mol. The Morgan fingerprint density at radius 1 is 1.21 bits per heavy atom. The molecule has 7 nitrogen and oxygen atoms in total. The number of sulfonamides is 1. The predicted octanol–water partition coefficient (Wildman–Crippen LogP) is 3.30. The van der Waals surface area contributed by atoms with Gasteiger partial charge in [-0.1, -0.05) is 49.7 Å². The van der Waals surface area contributed by atoms with Crippen LogP contribution in [-0.4, -0.2) is 67.5 Å². The second kappa shape index (κ2) is 10.2. The summed E-state index contributed by atoms with van der Waals surface area (Å²) in [5.41, 5.74) is 2.93. The number of carbonyl (C=O) groups is 1. The van der Waals surface area contributed by atoms with Crippen LogP contribution < -0.4 is 4.74 Å². The van der Waals surface area contributed by atoms with E-state index in [2.05, 4.69) is 0 Å². The number of fused-ring (bicyclic) bond motifs is 1. The van der Waals surface area contributed by atoms with Crippen LogP contribution in [0.15, 0.2) is 47.4 Å². The molecule has 0 aromatic heterocycles. The van der Waals surface area contributed by atoms with E-state index in [0.717, 1.165) is 16.7 Å². The second-order valence-electron chi connectivity index (χ2n) is 8.90. The van der Waals surface area contributed by atoms with Crippen molar-refractivity contribution in [2.75, 3.05) is 26.7 Å². The van der Waals surface area contributed by atoms with Crippen LogP contribution in [0.25, 0.3) is 11.1 Å². The molecule has 0 bridgehead atoms. The number of ether oxygens (including phenoxy) is 1. The maximum Gasteiger partial charge on any atom is 0.247 e. The van der Waals surface area contributed by atoms with Gasteiger partial charge in [0.15, 0.2) is 0 Å². The number of aryl methyl sites for hydroxylation is 1. The molecule has 0 spiro atoms. The number of hydrogen-bond donors (Lipinski definition) is 1. The molecule has 180 valence electrons. The first kappa shape index (κ1) is 25.2. The maximum absolute atomic E-state index is 13.6. The normalized spacial score (nSPS) is 21.3. The predicted molar refractivity (Wildman–Crippen MR) is 129 cm³/mol. The number of hydrogen-bond acceptors (Lipinski definition) is 5. The Hall–Kier alpha value is -2.42. The van der Waals surface area contributed by atoms with Gasteiger partial charge in [-0.3, -0.25) is 4.79 Å². The molecule has 1 amide bonds. The molecule has 1 heterocycles. The van der Waals surface area contributed by atoms with E-state index in [-0.39, 0.29) is 35.6 Å². The zero-order valence-corrected chi connectivity index (χ0v) is 20.8. The highest BCUT2D eigenvalue weighted by molar-refractivity contribution is 7.89. The van der Waals surface area contributed by atoms with Crippen molar-refractivity contribution in [1.82, 2.24) is 9.21 Å². The fourth-order valence-corrected chi connectivity index (χ4v) is 5.84. The number of benzene rings is 2. The quantitative estimate of drug-likeness (QED) is 0.694. The molecule has 0 aliphatic carbocycles. The number of likely N-dealkylation sites (N-methyl/N-ethyl adjacent to an activating group) is 1. The van der Waals surface area contributed by atoms with Crippen molar-refractivity contribution in [1.29, 1.82) is 0 Å². The van der Waals surface area contributed by atoms with Crippen molar-refractivity contribution in [3.63, 3.8) is 0 Å². The van der Waals surface area contributed by atoms with Crippen LogP contribution in [0.2, 0.25) is 0 Å². The van der Waals surface area contributed by atoms with E-state index >= 15 is 0 Å². The number of aliphatic hydroxyl groups is 1. The first-order chi connectivity index (χ1) is 15.6. The molecule has 3 atom stereocenters. The van der Waals surface area contributed by atoms with E-state index in [9.17, 15) is 18.3 Å². The molecule has 1 aliphatic rings. The van der Waals surface area contributed by atoms with Crippen LogP contribution in [-0.2, 0) is 14.8 Å². The van der Waals surface area contributed by atoms with Crippen molar-refractivity contribution in [2.24, 2.45) is 5.92 Å². The number of amides is 1. The molecule has 3 rings (SSSR count). The van der Waals surface area contributed by atoms with Gasteiger partial charge < -0.3 is 14.7 Å². The van der Waals surface area contributed by atoms with E-state index in [1.165, 1.54) is 4.31 Å². The number of aliphatic hydroxyl groups excluding tert-OH is 1. The van der Waals surface area contributed by atoms with Crippen molar-refractivity contribution < 1.29 is 23.1 Å². The third-order valence-electron chi connectivity index (χ3n) is 6.23.